The summed E-state index contributed by atoms with van der Waals surface area (Å²) in [6.07, 6.45) is 0.313. The number of carbonyl (C=O) groups excluding carboxylic acids is 1. The average Bonchev–Trinajstić information content (AvgIpc) is 3.28. The number of phenols is 1. The molecule has 2 aromatic carbocycles. The van der Waals surface area contributed by atoms with Crippen molar-refractivity contribution in [2.24, 2.45) is 0 Å². The number of hydrogen-bond donors (Lipinski definition) is 2. The summed E-state index contributed by atoms with van der Waals surface area (Å²) < 4.78 is 29.0. The molecule has 0 spiro atoms. The molecule has 154 valence electrons. The number of halogens is 1. The minimum atomic E-state index is -3.88. The Bertz CT molecular complexity index is 1300. The van der Waals surface area contributed by atoms with Crippen LogP contribution in [0, 0.1) is 11.3 Å². The maximum atomic E-state index is 12.8. The Kier molecular flexibility index (Phi) is 5.42. The number of phenolic OH excluding ortho intramolecular Hbond substituents is 1. The Hall–Kier alpha value is -2.64. The molecule has 1 fully saturated rings. The van der Waals surface area contributed by atoms with Gasteiger partial charge in [-0.15, -0.1) is 11.3 Å². The Labute approximate surface area is 182 Å². The molecule has 3 aromatic rings. The normalized spacial score (nSPS) is 16.9. The third kappa shape index (κ3) is 4.00. The Morgan fingerprint density at radius 1 is 1.27 bits per heavy atom. The lowest BCUT2D eigenvalue weighted by Gasteiger charge is -2.18. The third-order valence-electron chi connectivity index (χ3n) is 4.89. The van der Waals surface area contributed by atoms with Crippen molar-refractivity contribution in [3.8, 4) is 11.8 Å². The Morgan fingerprint density at radius 2 is 2.07 bits per heavy atom. The molecule has 0 aliphatic carbocycles. The first kappa shape index (κ1) is 20.6. The molecule has 4 rings (SSSR count). The number of fused-ring (bicyclic) bond motifs is 1. The highest BCUT2D eigenvalue weighted by molar-refractivity contribution is 7.91. The second-order valence-electron chi connectivity index (χ2n) is 6.93. The molecule has 7 nitrogen and oxygen atoms in total. The van der Waals surface area contributed by atoms with E-state index in [4.69, 9.17) is 16.9 Å². The van der Waals surface area contributed by atoms with Crippen LogP contribution in [0.5, 0.6) is 5.75 Å². The zero-order valence-electron chi connectivity index (χ0n) is 15.5. The molecule has 30 heavy (non-hydrogen) atoms. The van der Waals surface area contributed by atoms with E-state index < -0.39 is 16.1 Å². The predicted octanol–water partition coefficient (Wildman–Crippen LogP) is 3.21. The van der Waals surface area contributed by atoms with Crippen LogP contribution in [0.2, 0.25) is 5.02 Å². The first-order valence-corrected chi connectivity index (χ1v) is 11.7. The number of nitriles is 1. The second-order valence-corrected chi connectivity index (χ2v) is 10.4. The molecule has 0 bridgehead atoms. The number of nitrogens with one attached hydrogen (secondary N) is 1. The third-order valence-corrected chi connectivity index (χ3v) is 8.17. The van der Waals surface area contributed by atoms with Gasteiger partial charge < -0.3 is 10.0 Å². The van der Waals surface area contributed by atoms with Crippen LogP contribution >= 0.6 is 22.9 Å². The summed E-state index contributed by atoms with van der Waals surface area (Å²) in [4.78, 5) is 14.2. The molecule has 1 saturated heterocycles. The summed E-state index contributed by atoms with van der Waals surface area (Å²) in [5.74, 6) is -0.390. The number of aromatic hydroxyl groups is 1. The van der Waals surface area contributed by atoms with Crippen LogP contribution in [0.3, 0.4) is 0 Å². The second kappa shape index (κ2) is 7.89. The summed E-state index contributed by atoms with van der Waals surface area (Å²) in [5, 5.41) is 20.3. The number of amides is 1. The number of likely N-dealkylation sites (tertiary alicyclic amines) is 1. The lowest BCUT2D eigenvalue weighted by Crippen LogP contribution is -2.41. The maximum Gasteiger partial charge on any atom is 0.250 e. The molecular formula is C20H16ClN3O4S2. The van der Waals surface area contributed by atoms with Crippen LogP contribution in [0.4, 0.5) is 0 Å². The molecule has 0 saturated carbocycles. The van der Waals surface area contributed by atoms with E-state index in [0.29, 0.717) is 29.1 Å². The van der Waals surface area contributed by atoms with Crippen LogP contribution < -0.4 is 4.72 Å². The molecule has 0 radical (unpaired) electrons. The first-order chi connectivity index (χ1) is 14.3. The van der Waals surface area contributed by atoms with Crippen LogP contribution in [0.25, 0.3) is 10.1 Å². The SMILES string of the molecule is N#Cc1ccc(O)c(CN2CC[C@H](NS(=O)(=O)c3cc4ccc(Cl)cc4s3)C2=O)c1. The van der Waals surface area contributed by atoms with Gasteiger partial charge in [0, 0.05) is 28.4 Å². The van der Waals surface area contributed by atoms with Gasteiger partial charge in [0.15, 0.2) is 0 Å². The number of hydrogen-bond acceptors (Lipinski definition) is 6. The van der Waals surface area contributed by atoms with Gasteiger partial charge in [-0.25, -0.2) is 8.42 Å². The molecule has 1 amide bonds. The van der Waals surface area contributed by atoms with Gasteiger partial charge in [-0.2, -0.15) is 9.98 Å². The van der Waals surface area contributed by atoms with Crippen molar-refractivity contribution in [1.82, 2.24) is 9.62 Å². The van der Waals surface area contributed by atoms with Gasteiger partial charge in [-0.05, 0) is 48.2 Å². The summed E-state index contributed by atoms with van der Waals surface area (Å²) >= 11 is 7.06. The van der Waals surface area contributed by atoms with Gasteiger partial charge >= 0.3 is 0 Å². The average molecular weight is 462 g/mol. The molecule has 1 atom stereocenters. The predicted molar refractivity (Wildman–Crippen MR) is 114 cm³/mol. The Morgan fingerprint density at radius 3 is 2.83 bits per heavy atom. The van der Waals surface area contributed by atoms with E-state index in [2.05, 4.69) is 4.72 Å². The van der Waals surface area contributed by atoms with Crippen molar-refractivity contribution in [1.29, 1.82) is 5.26 Å². The van der Waals surface area contributed by atoms with E-state index in [9.17, 15) is 18.3 Å². The largest absolute Gasteiger partial charge is 0.508 e. The number of sulfonamides is 1. The van der Waals surface area contributed by atoms with E-state index in [-0.39, 0.29) is 22.4 Å². The fraction of sp³-hybridized carbons (Fsp3) is 0.200. The lowest BCUT2D eigenvalue weighted by molar-refractivity contribution is -0.129. The number of thiophene rings is 1. The van der Waals surface area contributed by atoms with Crippen molar-refractivity contribution in [3.63, 3.8) is 0 Å². The van der Waals surface area contributed by atoms with Crippen LogP contribution in [0.1, 0.15) is 17.5 Å². The van der Waals surface area contributed by atoms with Crippen molar-refractivity contribution >= 4 is 49.0 Å². The van der Waals surface area contributed by atoms with Crippen molar-refractivity contribution in [2.75, 3.05) is 6.54 Å². The van der Waals surface area contributed by atoms with Gasteiger partial charge in [0.2, 0.25) is 5.91 Å². The highest BCUT2D eigenvalue weighted by Crippen LogP contribution is 2.31. The monoisotopic (exact) mass is 461 g/mol. The lowest BCUT2D eigenvalue weighted by atomic mass is 10.1. The zero-order chi connectivity index (χ0) is 21.5. The summed E-state index contributed by atoms with van der Waals surface area (Å²) in [5.41, 5.74) is 0.809. The standard InChI is InChI=1S/C20H16ClN3O4S2/c21-15-3-2-13-8-19(29-18(13)9-15)30(27,28)23-16-5-6-24(20(16)26)11-14-7-12(10-22)1-4-17(14)25/h1-4,7-9,16,23,25H,5-6,11H2/t16-/m0/s1. The topological polar surface area (TPSA) is 110 Å². The smallest absolute Gasteiger partial charge is 0.250 e. The van der Waals surface area contributed by atoms with E-state index >= 15 is 0 Å². The van der Waals surface area contributed by atoms with Crippen LogP contribution in [-0.4, -0.2) is 36.9 Å². The van der Waals surface area contributed by atoms with Gasteiger partial charge in [0.25, 0.3) is 10.0 Å². The quantitative estimate of drug-likeness (QED) is 0.606. The highest BCUT2D eigenvalue weighted by atomic mass is 35.5. The van der Waals surface area contributed by atoms with Crippen molar-refractivity contribution < 1.29 is 18.3 Å². The van der Waals surface area contributed by atoms with Crippen LogP contribution in [0.15, 0.2) is 46.7 Å². The maximum absolute atomic E-state index is 12.8. The van der Waals surface area contributed by atoms with E-state index in [0.717, 1.165) is 21.4 Å². The molecular weight excluding hydrogens is 446 g/mol. The van der Waals surface area contributed by atoms with Gasteiger partial charge in [0.1, 0.15) is 16.0 Å². The molecule has 0 unspecified atom stereocenters. The zero-order valence-corrected chi connectivity index (χ0v) is 17.9. The highest BCUT2D eigenvalue weighted by Gasteiger charge is 2.35. The number of benzene rings is 2. The number of rotatable bonds is 5. The fourth-order valence-corrected chi connectivity index (χ4v) is 6.27. The van der Waals surface area contributed by atoms with E-state index in [1.165, 1.54) is 23.1 Å². The minimum Gasteiger partial charge on any atom is -0.508 e. The molecule has 2 N–H and O–H groups in total. The molecule has 2 heterocycles. The fourth-order valence-electron chi connectivity index (χ4n) is 3.35. The minimum absolute atomic E-state index is 0.0187. The van der Waals surface area contributed by atoms with Crippen LogP contribution in [-0.2, 0) is 21.4 Å². The van der Waals surface area contributed by atoms with Gasteiger partial charge in [-0.1, -0.05) is 17.7 Å². The summed E-state index contributed by atoms with van der Waals surface area (Å²) in [6.45, 7) is 0.435. The number of nitrogens with zero attached hydrogens (tertiary/aromatic N) is 2. The van der Waals surface area contributed by atoms with E-state index in [1.807, 2.05) is 6.07 Å². The van der Waals surface area contributed by atoms with Crippen molar-refractivity contribution in [2.45, 2.75) is 23.2 Å². The molecule has 1 aliphatic heterocycles. The van der Waals surface area contributed by atoms with E-state index in [1.54, 1.807) is 24.3 Å². The summed E-state index contributed by atoms with van der Waals surface area (Å²) in [6, 6.07) is 12.2. The van der Waals surface area contributed by atoms with Crippen molar-refractivity contribution in [3.05, 3.63) is 58.6 Å². The molecule has 10 heteroatoms. The Balaban J connectivity index is 1.50. The molecule has 1 aliphatic rings. The summed E-state index contributed by atoms with van der Waals surface area (Å²) in [7, 11) is -3.88. The van der Waals surface area contributed by atoms with Gasteiger partial charge in [-0.3, -0.25) is 4.79 Å². The number of carbonyl (C=O) groups is 1. The van der Waals surface area contributed by atoms with Gasteiger partial charge in [0.05, 0.1) is 11.6 Å². The first-order valence-electron chi connectivity index (χ1n) is 8.99. The molecule has 1 aromatic heterocycles.